The van der Waals surface area contributed by atoms with Gasteiger partial charge in [-0.2, -0.15) is 0 Å². The summed E-state index contributed by atoms with van der Waals surface area (Å²) in [5.74, 6) is 1.86. The molecule has 1 saturated heterocycles. The van der Waals surface area contributed by atoms with E-state index < -0.39 is 35.2 Å². The molecule has 3 aliphatic rings. The second kappa shape index (κ2) is 10.2. The normalized spacial score (nSPS) is 27.6. The molecule has 0 radical (unpaired) electrons. The fraction of sp³-hybridized carbons (Fsp3) is 0.387. The van der Waals surface area contributed by atoms with Crippen LogP contribution in [-0.4, -0.2) is 57.3 Å². The fourth-order valence-electron chi connectivity index (χ4n) is 6.99. The van der Waals surface area contributed by atoms with Crippen LogP contribution in [0.3, 0.4) is 0 Å². The number of hydrogen-bond acceptors (Lipinski definition) is 8. The molecule has 0 unspecified atom stereocenters. The van der Waals surface area contributed by atoms with Gasteiger partial charge in [-0.15, -0.1) is 0 Å². The van der Waals surface area contributed by atoms with Crippen LogP contribution < -0.4 is 30.0 Å². The first kappa shape index (κ1) is 26.3. The Morgan fingerprint density at radius 2 is 1.77 bits per heavy atom. The van der Waals surface area contributed by atoms with Gasteiger partial charge in [0.15, 0.2) is 5.60 Å². The summed E-state index contributed by atoms with van der Waals surface area (Å²) in [6, 6.07) is 20.7. The maximum absolute atomic E-state index is 12.8. The first-order valence-corrected chi connectivity index (χ1v) is 13.6. The first-order chi connectivity index (χ1) is 19.5. The third-order valence-corrected chi connectivity index (χ3v) is 8.56. The molecule has 2 aliphatic heterocycles. The van der Waals surface area contributed by atoms with Crippen molar-refractivity contribution in [3.63, 3.8) is 0 Å². The standard InChI is InChI=1S/C31H34N2O7/c1-36-21-12-10-20(11-13-21)31-25(19-8-4-3-5-9-19)27-28(39-29(35)33-27)30(31,18-34)26-23(37-2)16-22(17-24(26)40-31)38-15-7-6-14-32/h3-5,8-13,16-17,25,27-28,34H,6-7,14-15,18,32H2,1-2H3,(H,33,35)/t25-,27-,28-,30-,31+/m1/s1. The molecule has 210 valence electrons. The number of nitrogens with two attached hydrogens (primary N) is 1. The summed E-state index contributed by atoms with van der Waals surface area (Å²) in [5, 5.41) is 14.5. The second-order valence-corrected chi connectivity index (χ2v) is 10.4. The van der Waals surface area contributed by atoms with Crippen LogP contribution in [0.15, 0.2) is 66.7 Å². The molecule has 2 heterocycles. The largest absolute Gasteiger partial charge is 0.497 e. The van der Waals surface area contributed by atoms with E-state index >= 15 is 0 Å². The lowest BCUT2D eigenvalue weighted by Crippen LogP contribution is -2.55. The van der Waals surface area contributed by atoms with Crippen LogP contribution in [0.25, 0.3) is 0 Å². The van der Waals surface area contributed by atoms with Crippen LogP contribution in [0.5, 0.6) is 23.0 Å². The van der Waals surface area contributed by atoms with Crippen LogP contribution in [0.1, 0.15) is 35.4 Å². The summed E-state index contributed by atoms with van der Waals surface area (Å²) in [7, 11) is 3.19. The van der Waals surface area contributed by atoms with Gasteiger partial charge in [-0.3, -0.25) is 0 Å². The predicted molar refractivity (Wildman–Crippen MR) is 147 cm³/mol. The third kappa shape index (κ3) is 3.64. The van der Waals surface area contributed by atoms with E-state index in [2.05, 4.69) is 5.32 Å². The molecule has 2 fully saturated rings. The van der Waals surface area contributed by atoms with Crippen LogP contribution in [-0.2, 0) is 15.8 Å². The molecule has 0 aromatic heterocycles. The van der Waals surface area contributed by atoms with Crippen molar-refractivity contribution in [3.8, 4) is 23.0 Å². The number of methoxy groups -OCH3 is 2. The van der Waals surface area contributed by atoms with E-state index in [1.165, 1.54) is 0 Å². The van der Waals surface area contributed by atoms with Gasteiger partial charge in [-0.05, 0) is 42.6 Å². The predicted octanol–water partition coefficient (Wildman–Crippen LogP) is 3.61. The van der Waals surface area contributed by atoms with E-state index in [1.807, 2.05) is 60.7 Å². The number of aliphatic hydroxyl groups is 1. The number of alkyl carbamates (subject to hydrolysis) is 1. The number of benzene rings is 3. The van der Waals surface area contributed by atoms with Gasteiger partial charge in [0.2, 0.25) is 0 Å². The molecule has 5 atom stereocenters. The zero-order valence-electron chi connectivity index (χ0n) is 22.6. The second-order valence-electron chi connectivity index (χ2n) is 10.4. The first-order valence-electron chi connectivity index (χ1n) is 13.6. The average molecular weight is 547 g/mol. The Morgan fingerprint density at radius 1 is 1.00 bits per heavy atom. The molecule has 1 amide bonds. The molecule has 1 aliphatic carbocycles. The van der Waals surface area contributed by atoms with Crippen LogP contribution >= 0.6 is 0 Å². The van der Waals surface area contributed by atoms with Crippen LogP contribution in [0.2, 0.25) is 0 Å². The Balaban J connectivity index is 1.60. The molecule has 3 aromatic carbocycles. The van der Waals surface area contributed by atoms with Gasteiger partial charge in [0, 0.05) is 12.1 Å². The minimum Gasteiger partial charge on any atom is -0.497 e. The number of aliphatic hydroxyl groups excluding tert-OH is 1. The van der Waals surface area contributed by atoms with Gasteiger partial charge >= 0.3 is 6.09 Å². The number of nitrogens with one attached hydrogen (secondary N) is 1. The van der Waals surface area contributed by atoms with Crippen molar-refractivity contribution < 1.29 is 33.6 Å². The quantitative estimate of drug-likeness (QED) is 0.330. The molecule has 1 saturated carbocycles. The third-order valence-electron chi connectivity index (χ3n) is 8.56. The Morgan fingerprint density at radius 3 is 2.45 bits per heavy atom. The summed E-state index contributed by atoms with van der Waals surface area (Å²) >= 11 is 0. The van der Waals surface area contributed by atoms with Gasteiger partial charge in [0.05, 0.1) is 45.0 Å². The molecule has 9 heteroatoms. The Kier molecular flexibility index (Phi) is 6.72. The zero-order chi connectivity index (χ0) is 27.9. The van der Waals surface area contributed by atoms with E-state index in [0.29, 0.717) is 41.7 Å². The van der Waals surface area contributed by atoms with E-state index in [4.69, 9.17) is 29.4 Å². The number of rotatable bonds is 10. The van der Waals surface area contributed by atoms with E-state index in [0.717, 1.165) is 24.0 Å². The van der Waals surface area contributed by atoms with E-state index in [9.17, 15) is 9.90 Å². The van der Waals surface area contributed by atoms with Gasteiger partial charge < -0.3 is 39.8 Å². The van der Waals surface area contributed by atoms with Gasteiger partial charge in [-0.25, -0.2) is 4.79 Å². The molecular weight excluding hydrogens is 512 g/mol. The number of amides is 1. The zero-order valence-corrected chi connectivity index (χ0v) is 22.6. The summed E-state index contributed by atoms with van der Waals surface area (Å²) in [6.07, 6.45) is 0.393. The van der Waals surface area contributed by atoms with E-state index in [1.54, 1.807) is 20.3 Å². The highest BCUT2D eigenvalue weighted by atomic mass is 16.6. The number of unbranched alkanes of at least 4 members (excludes halogenated alkanes) is 1. The number of fused-ring (bicyclic) bond motifs is 5. The molecule has 9 nitrogen and oxygen atoms in total. The van der Waals surface area contributed by atoms with Crippen molar-refractivity contribution in [1.82, 2.24) is 5.32 Å². The van der Waals surface area contributed by atoms with Crippen molar-refractivity contribution >= 4 is 6.09 Å². The van der Waals surface area contributed by atoms with Gasteiger partial charge in [0.1, 0.15) is 34.5 Å². The molecule has 4 N–H and O–H groups in total. The topological polar surface area (TPSA) is 122 Å². The van der Waals surface area contributed by atoms with E-state index in [-0.39, 0.29) is 6.61 Å². The SMILES string of the molecule is COc1ccc([C@@]23Oc4cc(OCCCCN)cc(OC)c4[C@]2(CO)[C@@H]2OC(=O)N[C@@H]2[C@H]3c2ccccc2)cc1. The fourth-order valence-corrected chi connectivity index (χ4v) is 6.99. The summed E-state index contributed by atoms with van der Waals surface area (Å²) in [5.41, 5.74) is 5.67. The van der Waals surface area contributed by atoms with Gasteiger partial charge in [0.25, 0.3) is 0 Å². The Hall–Kier alpha value is -3.95. The summed E-state index contributed by atoms with van der Waals surface area (Å²) < 4.78 is 30.5. The highest BCUT2D eigenvalue weighted by Crippen LogP contribution is 2.70. The number of carbonyl (C=O) groups excluding carboxylic acids is 1. The monoisotopic (exact) mass is 546 g/mol. The van der Waals surface area contributed by atoms with Crippen molar-refractivity contribution in [2.75, 3.05) is 34.0 Å². The number of hydrogen-bond donors (Lipinski definition) is 3. The Bertz CT molecular complexity index is 1380. The summed E-state index contributed by atoms with van der Waals surface area (Å²) in [6.45, 7) is 0.727. The molecule has 0 bridgehead atoms. The maximum Gasteiger partial charge on any atom is 0.407 e. The van der Waals surface area contributed by atoms with Crippen LogP contribution in [0.4, 0.5) is 4.79 Å². The van der Waals surface area contributed by atoms with Gasteiger partial charge in [-0.1, -0.05) is 42.5 Å². The minimum atomic E-state index is -1.20. The van der Waals surface area contributed by atoms with Crippen molar-refractivity contribution in [2.45, 2.75) is 41.9 Å². The minimum absolute atomic E-state index is 0.363. The lowest BCUT2D eigenvalue weighted by molar-refractivity contribution is -0.0444. The molecule has 3 aromatic rings. The molecule has 0 spiro atoms. The molecule has 6 rings (SSSR count). The van der Waals surface area contributed by atoms with Crippen molar-refractivity contribution in [1.29, 1.82) is 0 Å². The smallest absolute Gasteiger partial charge is 0.407 e. The summed E-state index contributed by atoms with van der Waals surface area (Å²) in [4.78, 5) is 12.8. The molecular formula is C31H34N2O7. The number of carbonyl (C=O) groups is 1. The van der Waals surface area contributed by atoms with Crippen molar-refractivity contribution in [3.05, 3.63) is 83.4 Å². The lowest BCUT2D eigenvalue weighted by Gasteiger charge is -2.43. The average Bonchev–Trinajstić information content (AvgIpc) is 3.57. The highest BCUT2D eigenvalue weighted by molar-refractivity contribution is 5.75. The maximum atomic E-state index is 12.8. The van der Waals surface area contributed by atoms with Crippen molar-refractivity contribution in [2.24, 2.45) is 5.73 Å². The molecule has 40 heavy (non-hydrogen) atoms. The van der Waals surface area contributed by atoms with Crippen LogP contribution in [0, 0.1) is 0 Å². The Labute approximate surface area is 233 Å². The lowest BCUT2D eigenvalue weighted by atomic mass is 9.64. The highest BCUT2D eigenvalue weighted by Gasteiger charge is 2.79. The number of ether oxygens (including phenoxy) is 5.